The maximum Gasteiger partial charge on any atom is 0.189 e. The van der Waals surface area contributed by atoms with E-state index in [1.165, 1.54) is 16.8 Å². The molecular formula is C17H12O2S. The largest absolute Gasteiger partial charge is 0.507 e. The van der Waals surface area contributed by atoms with E-state index in [4.69, 9.17) is 0 Å². The van der Waals surface area contributed by atoms with Gasteiger partial charge in [-0.25, -0.2) is 0 Å². The molecule has 2 aromatic carbocycles. The predicted octanol–water partition coefficient (Wildman–Crippen LogP) is 4.50. The van der Waals surface area contributed by atoms with Gasteiger partial charge < -0.3 is 5.11 Å². The summed E-state index contributed by atoms with van der Waals surface area (Å²) >= 11 is 1.65. The number of hydrogen-bond acceptors (Lipinski definition) is 3. The second-order valence-corrected chi connectivity index (χ2v) is 5.31. The van der Waals surface area contributed by atoms with Crippen molar-refractivity contribution in [2.75, 3.05) is 0 Å². The number of phenolic OH excluding ortho intramolecular Hbond substituents is 1. The van der Waals surface area contributed by atoms with Crippen molar-refractivity contribution < 1.29 is 9.90 Å². The number of allylic oxidation sites excluding steroid dienone is 1. The van der Waals surface area contributed by atoms with Crippen molar-refractivity contribution in [2.45, 2.75) is 0 Å². The highest BCUT2D eigenvalue weighted by atomic mass is 32.1. The van der Waals surface area contributed by atoms with E-state index in [0.29, 0.717) is 5.56 Å². The van der Waals surface area contributed by atoms with Crippen LogP contribution in [0.15, 0.2) is 60.0 Å². The van der Waals surface area contributed by atoms with Gasteiger partial charge in [0.25, 0.3) is 0 Å². The maximum absolute atomic E-state index is 12.1. The van der Waals surface area contributed by atoms with Crippen molar-refractivity contribution in [3.05, 3.63) is 71.1 Å². The van der Waals surface area contributed by atoms with Gasteiger partial charge in [-0.2, -0.15) is 0 Å². The smallest absolute Gasteiger partial charge is 0.189 e. The number of aromatic hydroxyl groups is 1. The molecule has 0 saturated carbocycles. The molecule has 98 valence electrons. The van der Waals surface area contributed by atoms with Gasteiger partial charge in [0.15, 0.2) is 5.78 Å². The number of phenols is 1. The van der Waals surface area contributed by atoms with Crippen LogP contribution >= 0.6 is 11.3 Å². The van der Waals surface area contributed by atoms with Crippen molar-refractivity contribution in [1.29, 1.82) is 0 Å². The summed E-state index contributed by atoms with van der Waals surface area (Å²) in [4.78, 5) is 12.1. The highest BCUT2D eigenvalue weighted by Gasteiger charge is 2.07. The van der Waals surface area contributed by atoms with Gasteiger partial charge in [-0.3, -0.25) is 4.79 Å². The second kappa shape index (κ2) is 5.31. The molecule has 1 aromatic heterocycles. The Morgan fingerprint density at radius 2 is 1.80 bits per heavy atom. The lowest BCUT2D eigenvalue weighted by molar-refractivity contribution is 0.104. The zero-order valence-corrected chi connectivity index (χ0v) is 11.4. The highest BCUT2D eigenvalue weighted by Crippen LogP contribution is 2.27. The molecule has 0 unspecified atom stereocenters. The Morgan fingerprint density at radius 1 is 1.05 bits per heavy atom. The summed E-state index contributed by atoms with van der Waals surface area (Å²) < 4.78 is 1.20. The summed E-state index contributed by atoms with van der Waals surface area (Å²) in [6, 6.07) is 14.6. The van der Waals surface area contributed by atoms with Gasteiger partial charge >= 0.3 is 0 Å². The summed E-state index contributed by atoms with van der Waals surface area (Å²) in [5.74, 6) is -0.185. The first-order chi connectivity index (χ1) is 9.75. The van der Waals surface area contributed by atoms with Crippen LogP contribution in [0.25, 0.3) is 16.2 Å². The van der Waals surface area contributed by atoms with Crippen LogP contribution in [0.3, 0.4) is 0 Å². The monoisotopic (exact) mass is 280 g/mol. The molecule has 0 fully saturated rings. The van der Waals surface area contributed by atoms with Crippen molar-refractivity contribution in [3.63, 3.8) is 0 Å². The number of hydrogen-bond donors (Lipinski definition) is 1. The zero-order chi connectivity index (χ0) is 13.9. The minimum absolute atomic E-state index is 0.0114. The van der Waals surface area contributed by atoms with Crippen LogP contribution in [0.5, 0.6) is 5.75 Å². The van der Waals surface area contributed by atoms with Gasteiger partial charge in [-0.05, 0) is 46.7 Å². The van der Waals surface area contributed by atoms with Crippen LogP contribution in [-0.4, -0.2) is 10.9 Å². The van der Waals surface area contributed by atoms with Gasteiger partial charge in [0.05, 0.1) is 5.56 Å². The van der Waals surface area contributed by atoms with Gasteiger partial charge in [0.2, 0.25) is 0 Å². The Kier molecular flexibility index (Phi) is 3.35. The molecule has 0 amide bonds. The number of benzene rings is 2. The van der Waals surface area contributed by atoms with Crippen LogP contribution in [0.1, 0.15) is 15.9 Å². The molecule has 3 aromatic rings. The zero-order valence-electron chi connectivity index (χ0n) is 10.6. The molecule has 0 saturated heterocycles. The molecule has 0 aliphatic carbocycles. The topological polar surface area (TPSA) is 37.3 Å². The van der Waals surface area contributed by atoms with E-state index in [1.807, 2.05) is 23.6 Å². The fourth-order valence-electron chi connectivity index (χ4n) is 2.06. The van der Waals surface area contributed by atoms with E-state index in [2.05, 4.69) is 6.07 Å². The van der Waals surface area contributed by atoms with Crippen LogP contribution in [-0.2, 0) is 0 Å². The van der Waals surface area contributed by atoms with Crippen molar-refractivity contribution in [3.8, 4) is 5.75 Å². The second-order valence-electron chi connectivity index (χ2n) is 4.40. The fraction of sp³-hybridized carbons (Fsp3) is 0. The summed E-state index contributed by atoms with van der Waals surface area (Å²) in [5, 5.41) is 12.8. The van der Waals surface area contributed by atoms with E-state index in [9.17, 15) is 9.90 Å². The number of fused-ring (bicyclic) bond motifs is 1. The molecule has 3 rings (SSSR count). The van der Waals surface area contributed by atoms with E-state index in [1.54, 1.807) is 35.6 Å². The third kappa shape index (κ3) is 2.36. The molecule has 0 aliphatic rings. The van der Waals surface area contributed by atoms with Crippen molar-refractivity contribution >= 4 is 33.3 Å². The van der Waals surface area contributed by atoms with Gasteiger partial charge in [-0.15, -0.1) is 11.3 Å². The Bertz CT molecular complexity index is 799. The molecule has 0 spiro atoms. The molecule has 20 heavy (non-hydrogen) atoms. The molecule has 0 aliphatic heterocycles. The van der Waals surface area contributed by atoms with Gasteiger partial charge in [0.1, 0.15) is 5.75 Å². The number of ketones is 1. The Hall–Kier alpha value is -2.39. The quantitative estimate of drug-likeness (QED) is 0.566. The molecule has 0 atom stereocenters. The molecule has 3 heteroatoms. The molecule has 0 radical (unpaired) electrons. The van der Waals surface area contributed by atoms with E-state index in [-0.39, 0.29) is 11.5 Å². The minimum atomic E-state index is -0.196. The molecule has 2 nitrogen and oxygen atoms in total. The lowest BCUT2D eigenvalue weighted by atomic mass is 10.1. The first kappa shape index (κ1) is 12.6. The number of carbonyl (C=O) groups excluding carboxylic acids is 1. The van der Waals surface area contributed by atoms with Gasteiger partial charge in [0, 0.05) is 4.70 Å². The summed E-state index contributed by atoms with van der Waals surface area (Å²) in [6.07, 6.45) is 3.30. The minimum Gasteiger partial charge on any atom is -0.507 e. The lowest BCUT2D eigenvalue weighted by Crippen LogP contribution is -1.93. The SMILES string of the molecule is O=C(/C=C/c1csc2ccccc12)c1ccccc1O. The third-order valence-electron chi connectivity index (χ3n) is 3.09. The molecular weight excluding hydrogens is 268 g/mol. The van der Waals surface area contributed by atoms with Crippen LogP contribution < -0.4 is 0 Å². The first-order valence-electron chi connectivity index (χ1n) is 6.22. The van der Waals surface area contributed by atoms with Crippen LogP contribution in [0.2, 0.25) is 0 Å². The van der Waals surface area contributed by atoms with E-state index >= 15 is 0 Å². The summed E-state index contributed by atoms with van der Waals surface area (Å²) in [5.41, 5.74) is 1.35. The number of rotatable bonds is 3. The average molecular weight is 280 g/mol. The molecule has 1 heterocycles. The number of carbonyl (C=O) groups is 1. The number of para-hydroxylation sites is 1. The highest BCUT2D eigenvalue weighted by molar-refractivity contribution is 7.17. The lowest BCUT2D eigenvalue weighted by Gasteiger charge is -1.98. The molecule has 1 N–H and O–H groups in total. The fourth-order valence-corrected chi connectivity index (χ4v) is 2.99. The summed E-state index contributed by atoms with van der Waals surface area (Å²) in [6.45, 7) is 0. The third-order valence-corrected chi connectivity index (χ3v) is 4.08. The Labute approximate surface area is 120 Å². The van der Waals surface area contributed by atoms with Gasteiger partial charge in [-0.1, -0.05) is 30.3 Å². The van der Waals surface area contributed by atoms with Crippen molar-refractivity contribution in [2.24, 2.45) is 0 Å². The standard InChI is InChI=1S/C17H12O2S/c18-15-7-3-1-6-14(15)16(19)10-9-12-11-20-17-8-4-2-5-13(12)17/h1-11,18H/b10-9+. The van der Waals surface area contributed by atoms with E-state index < -0.39 is 0 Å². The average Bonchev–Trinajstić information content (AvgIpc) is 2.88. The normalized spacial score (nSPS) is 11.2. The Balaban J connectivity index is 1.91. The van der Waals surface area contributed by atoms with Crippen LogP contribution in [0, 0.1) is 0 Å². The van der Waals surface area contributed by atoms with E-state index in [0.717, 1.165) is 10.9 Å². The van der Waals surface area contributed by atoms with Crippen LogP contribution in [0.4, 0.5) is 0 Å². The molecule has 0 bridgehead atoms. The van der Waals surface area contributed by atoms with Crippen molar-refractivity contribution in [1.82, 2.24) is 0 Å². The predicted molar refractivity (Wildman–Crippen MR) is 83.3 cm³/mol. The number of thiophene rings is 1. The summed E-state index contributed by atoms with van der Waals surface area (Å²) in [7, 11) is 0. The first-order valence-corrected chi connectivity index (χ1v) is 7.10. The Morgan fingerprint density at radius 3 is 2.65 bits per heavy atom. The maximum atomic E-state index is 12.1.